The van der Waals surface area contributed by atoms with Gasteiger partial charge in [-0.3, -0.25) is 4.79 Å². The number of halogens is 1. The lowest BCUT2D eigenvalue weighted by Gasteiger charge is -2.23. The molecular formula is C18H18ClN3O3S. The Balaban J connectivity index is 1.65. The van der Waals surface area contributed by atoms with E-state index in [2.05, 4.69) is 10.1 Å². The molecule has 2 aromatic heterocycles. The fraction of sp³-hybridized carbons (Fsp3) is 0.278. The first kappa shape index (κ1) is 18.4. The Morgan fingerprint density at radius 1 is 1.35 bits per heavy atom. The minimum Gasteiger partial charge on any atom is -0.479 e. The number of benzene rings is 1. The van der Waals surface area contributed by atoms with E-state index >= 15 is 0 Å². The number of hydrogen-bond acceptors (Lipinski definition) is 6. The molecule has 6 nitrogen and oxygen atoms in total. The molecule has 1 atom stereocenters. The number of thiophene rings is 1. The molecule has 0 fully saturated rings. The van der Waals surface area contributed by atoms with Crippen LogP contribution in [0.15, 0.2) is 46.3 Å². The summed E-state index contributed by atoms with van der Waals surface area (Å²) in [7, 11) is 1.68. The van der Waals surface area contributed by atoms with Gasteiger partial charge in [0.15, 0.2) is 6.10 Å². The maximum atomic E-state index is 12.7. The molecule has 3 aromatic rings. The fourth-order valence-corrected chi connectivity index (χ4v) is 3.18. The summed E-state index contributed by atoms with van der Waals surface area (Å²) < 4.78 is 11.0. The molecule has 0 N–H and O–H groups in total. The van der Waals surface area contributed by atoms with Crippen molar-refractivity contribution in [3.63, 3.8) is 0 Å². The Labute approximate surface area is 160 Å². The van der Waals surface area contributed by atoms with Gasteiger partial charge in [-0.15, -0.1) is 11.3 Å². The third-order valence-corrected chi connectivity index (χ3v) is 4.89. The van der Waals surface area contributed by atoms with E-state index in [9.17, 15) is 4.79 Å². The monoisotopic (exact) mass is 391 g/mol. The van der Waals surface area contributed by atoms with E-state index < -0.39 is 6.10 Å². The first-order valence-electron chi connectivity index (χ1n) is 8.11. The largest absolute Gasteiger partial charge is 0.479 e. The second kappa shape index (κ2) is 8.33. The highest BCUT2D eigenvalue weighted by Gasteiger charge is 2.24. The van der Waals surface area contributed by atoms with Crippen molar-refractivity contribution in [2.75, 3.05) is 7.05 Å². The molecule has 0 bridgehead atoms. The molecule has 0 spiro atoms. The summed E-state index contributed by atoms with van der Waals surface area (Å²) in [6.45, 7) is 2.09. The van der Waals surface area contributed by atoms with Crippen molar-refractivity contribution < 1.29 is 14.1 Å². The van der Waals surface area contributed by atoms with Crippen LogP contribution in [0.2, 0.25) is 5.02 Å². The van der Waals surface area contributed by atoms with Crippen LogP contribution in [0, 0.1) is 0 Å². The zero-order chi connectivity index (χ0) is 18.5. The first-order valence-corrected chi connectivity index (χ1v) is 9.37. The smallest absolute Gasteiger partial charge is 0.263 e. The predicted octanol–water partition coefficient (Wildman–Crippen LogP) is 4.27. The first-order chi connectivity index (χ1) is 12.6. The summed E-state index contributed by atoms with van der Waals surface area (Å²) >= 11 is 7.64. The summed E-state index contributed by atoms with van der Waals surface area (Å²) in [6.07, 6.45) is -0.127. The Hall–Kier alpha value is -2.38. The van der Waals surface area contributed by atoms with E-state index in [4.69, 9.17) is 20.9 Å². The van der Waals surface area contributed by atoms with Crippen LogP contribution in [-0.4, -0.2) is 34.1 Å². The van der Waals surface area contributed by atoms with Gasteiger partial charge in [0.2, 0.25) is 11.7 Å². The Kier molecular flexibility index (Phi) is 5.90. The van der Waals surface area contributed by atoms with Crippen molar-refractivity contribution in [2.24, 2.45) is 0 Å². The minimum atomic E-state index is -0.639. The van der Waals surface area contributed by atoms with Crippen LogP contribution in [0.25, 0.3) is 10.7 Å². The molecule has 8 heteroatoms. The maximum absolute atomic E-state index is 12.7. The molecule has 26 heavy (non-hydrogen) atoms. The lowest BCUT2D eigenvalue weighted by atomic mass is 10.2. The van der Waals surface area contributed by atoms with Gasteiger partial charge in [-0.2, -0.15) is 4.98 Å². The quantitative estimate of drug-likeness (QED) is 0.601. The average Bonchev–Trinajstić information content (AvgIpc) is 3.32. The van der Waals surface area contributed by atoms with Crippen LogP contribution < -0.4 is 4.74 Å². The number of nitrogens with zero attached hydrogens (tertiary/aromatic N) is 3. The molecule has 0 saturated carbocycles. The highest BCUT2D eigenvalue weighted by Crippen LogP contribution is 2.25. The SMILES string of the molecule is CC[C@@H](Oc1ccccc1Cl)C(=O)N(C)Cc1nc(-c2cccs2)no1. The van der Waals surface area contributed by atoms with Gasteiger partial charge in [0, 0.05) is 7.05 Å². The third kappa shape index (κ3) is 4.23. The third-order valence-electron chi connectivity index (χ3n) is 3.71. The molecule has 3 rings (SSSR count). The maximum Gasteiger partial charge on any atom is 0.263 e. The van der Waals surface area contributed by atoms with Gasteiger partial charge in [-0.25, -0.2) is 0 Å². The zero-order valence-electron chi connectivity index (χ0n) is 14.4. The number of carbonyl (C=O) groups excluding carboxylic acids is 1. The molecule has 2 heterocycles. The van der Waals surface area contributed by atoms with Crippen molar-refractivity contribution >= 4 is 28.8 Å². The molecule has 0 unspecified atom stereocenters. The number of ether oxygens (including phenoxy) is 1. The van der Waals surface area contributed by atoms with E-state index in [0.717, 1.165) is 4.88 Å². The van der Waals surface area contributed by atoms with E-state index in [0.29, 0.717) is 28.9 Å². The summed E-state index contributed by atoms with van der Waals surface area (Å²) in [4.78, 5) is 19.5. The number of likely N-dealkylation sites (N-methyl/N-ethyl adjacent to an activating group) is 1. The van der Waals surface area contributed by atoms with E-state index in [1.165, 1.54) is 16.2 Å². The molecule has 0 saturated heterocycles. The van der Waals surface area contributed by atoms with Crippen LogP contribution >= 0.6 is 22.9 Å². The number of aromatic nitrogens is 2. The predicted molar refractivity (Wildman–Crippen MR) is 100 cm³/mol. The fourth-order valence-electron chi connectivity index (χ4n) is 2.35. The number of para-hydroxylation sites is 1. The Morgan fingerprint density at radius 2 is 2.15 bits per heavy atom. The molecule has 0 aliphatic heterocycles. The normalized spacial score (nSPS) is 12.0. The Morgan fingerprint density at radius 3 is 2.85 bits per heavy atom. The molecule has 0 radical (unpaired) electrons. The van der Waals surface area contributed by atoms with Gasteiger partial charge < -0.3 is 14.2 Å². The highest BCUT2D eigenvalue weighted by molar-refractivity contribution is 7.13. The lowest BCUT2D eigenvalue weighted by molar-refractivity contribution is -0.138. The number of rotatable bonds is 7. The highest BCUT2D eigenvalue weighted by atomic mass is 35.5. The summed E-state index contributed by atoms with van der Waals surface area (Å²) in [5.41, 5.74) is 0. The number of amides is 1. The van der Waals surface area contributed by atoms with Crippen LogP contribution in [0.5, 0.6) is 5.75 Å². The molecular weight excluding hydrogens is 374 g/mol. The van der Waals surface area contributed by atoms with Crippen LogP contribution in [0.3, 0.4) is 0 Å². The van der Waals surface area contributed by atoms with Crippen LogP contribution in [0.1, 0.15) is 19.2 Å². The zero-order valence-corrected chi connectivity index (χ0v) is 16.0. The minimum absolute atomic E-state index is 0.178. The van der Waals surface area contributed by atoms with Crippen molar-refractivity contribution in [1.82, 2.24) is 15.0 Å². The average molecular weight is 392 g/mol. The van der Waals surface area contributed by atoms with Crippen molar-refractivity contribution in [3.05, 3.63) is 52.7 Å². The molecule has 1 aromatic carbocycles. The van der Waals surface area contributed by atoms with E-state index in [1.807, 2.05) is 36.6 Å². The second-order valence-corrected chi connectivity index (χ2v) is 6.98. The summed E-state index contributed by atoms with van der Waals surface area (Å²) in [5.74, 6) is 1.20. The van der Waals surface area contributed by atoms with E-state index in [-0.39, 0.29) is 12.5 Å². The van der Waals surface area contributed by atoms with Gasteiger partial charge in [0.1, 0.15) is 5.75 Å². The lowest BCUT2D eigenvalue weighted by Crippen LogP contribution is -2.39. The van der Waals surface area contributed by atoms with Crippen LogP contribution in [0.4, 0.5) is 0 Å². The topological polar surface area (TPSA) is 68.5 Å². The Bertz CT molecular complexity index is 866. The molecule has 136 valence electrons. The summed E-state index contributed by atoms with van der Waals surface area (Å²) in [6, 6.07) is 10.9. The number of hydrogen-bond donors (Lipinski definition) is 0. The van der Waals surface area contributed by atoms with Crippen molar-refractivity contribution in [1.29, 1.82) is 0 Å². The molecule has 0 aliphatic carbocycles. The van der Waals surface area contributed by atoms with Crippen LogP contribution in [-0.2, 0) is 11.3 Å². The molecule has 1 amide bonds. The van der Waals surface area contributed by atoms with Gasteiger partial charge in [-0.1, -0.05) is 41.9 Å². The van der Waals surface area contributed by atoms with Crippen molar-refractivity contribution in [3.8, 4) is 16.5 Å². The number of carbonyl (C=O) groups is 1. The standard InChI is InChI=1S/C18H18ClN3O3S/c1-3-13(24-14-8-5-4-7-12(14)19)18(23)22(2)11-16-20-17(21-25-16)15-9-6-10-26-15/h4-10,13H,3,11H2,1-2H3/t13-/m1/s1. The van der Waals surface area contributed by atoms with Gasteiger partial charge in [-0.05, 0) is 30.0 Å². The van der Waals surface area contributed by atoms with Gasteiger partial charge >= 0.3 is 0 Å². The van der Waals surface area contributed by atoms with Gasteiger partial charge in [0.05, 0.1) is 16.4 Å². The van der Waals surface area contributed by atoms with Gasteiger partial charge in [0.25, 0.3) is 5.91 Å². The van der Waals surface area contributed by atoms with E-state index in [1.54, 1.807) is 19.2 Å². The molecule has 0 aliphatic rings. The summed E-state index contributed by atoms with van der Waals surface area (Å²) in [5, 5.41) is 6.37. The second-order valence-electron chi connectivity index (χ2n) is 5.63. The van der Waals surface area contributed by atoms with Crippen molar-refractivity contribution in [2.45, 2.75) is 26.0 Å².